The summed E-state index contributed by atoms with van der Waals surface area (Å²) in [6.07, 6.45) is 0. The van der Waals surface area contributed by atoms with E-state index in [1.807, 2.05) is 0 Å². The summed E-state index contributed by atoms with van der Waals surface area (Å²) in [6.45, 7) is 6.95. The van der Waals surface area contributed by atoms with Crippen molar-refractivity contribution in [2.24, 2.45) is 0 Å². The maximum Gasteiger partial charge on any atom is 0.347 e. The van der Waals surface area contributed by atoms with E-state index < -0.39 is 11.9 Å². The van der Waals surface area contributed by atoms with Crippen LogP contribution in [-0.2, 0) is 4.74 Å². The Morgan fingerprint density at radius 2 is 1.50 bits per heavy atom. The van der Waals surface area contributed by atoms with Crippen molar-refractivity contribution in [3.05, 3.63) is 39.4 Å². The Morgan fingerprint density at radius 1 is 0.857 bits per heavy atom. The molecule has 0 aromatic heterocycles. The van der Waals surface area contributed by atoms with Gasteiger partial charge in [0, 0.05) is 16.7 Å². The quantitative estimate of drug-likeness (QED) is 0.581. The van der Waals surface area contributed by atoms with E-state index in [2.05, 4.69) is 0 Å². The molecule has 1 heterocycles. The number of fused-ring (bicyclic) bond motifs is 2. The molecule has 1 aliphatic heterocycles. The van der Waals surface area contributed by atoms with E-state index in [4.69, 9.17) is 23.7 Å². The number of ether oxygens (including phenoxy) is 5. The van der Waals surface area contributed by atoms with E-state index in [0.717, 1.165) is 0 Å². The Labute approximate surface area is 163 Å². The maximum absolute atomic E-state index is 12.9. The topological polar surface area (TPSA) is 80.3 Å². The Hall–Kier alpha value is -3.22. The Bertz CT molecular complexity index is 1010. The van der Waals surface area contributed by atoms with Crippen LogP contribution in [0.3, 0.4) is 0 Å². The first-order valence-corrected chi connectivity index (χ1v) is 8.64. The molecule has 0 atom stereocenters. The van der Waals surface area contributed by atoms with Crippen molar-refractivity contribution < 1.29 is 33.3 Å². The summed E-state index contributed by atoms with van der Waals surface area (Å²) >= 11 is 0. The van der Waals surface area contributed by atoms with Crippen LogP contribution in [0.5, 0.6) is 28.7 Å². The summed E-state index contributed by atoms with van der Waals surface area (Å²) in [4.78, 5) is 25.3. The summed E-state index contributed by atoms with van der Waals surface area (Å²) in [7, 11) is 4.28. The van der Waals surface area contributed by atoms with Gasteiger partial charge >= 0.3 is 11.9 Å². The predicted octanol–water partition coefficient (Wildman–Crippen LogP) is 4.05. The second-order valence-corrected chi connectivity index (χ2v) is 6.52. The lowest BCUT2D eigenvalue weighted by atomic mass is 10.0. The van der Waals surface area contributed by atoms with Crippen LogP contribution in [0.2, 0.25) is 0 Å². The molecule has 0 saturated carbocycles. The number of carbonyl (C=O) groups excluding carboxylic acids is 2. The third-order valence-electron chi connectivity index (χ3n) is 4.93. The molecule has 28 heavy (non-hydrogen) atoms. The third-order valence-corrected chi connectivity index (χ3v) is 4.93. The first-order chi connectivity index (χ1) is 13.3. The minimum atomic E-state index is -0.571. The minimum Gasteiger partial charge on any atom is -0.496 e. The molecule has 0 radical (unpaired) electrons. The summed E-state index contributed by atoms with van der Waals surface area (Å²) in [5.41, 5.74) is 2.76. The van der Waals surface area contributed by atoms with Gasteiger partial charge in [-0.25, -0.2) is 9.59 Å². The first kappa shape index (κ1) is 19.5. The van der Waals surface area contributed by atoms with Crippen molar-refractivity contribution in [3.8, 4) is 28.7 Å². The molecule has 7 heteroatoms. The number of benzene rings is 2. The van der Waals surface area contributed by atoms with E-state index in [1.165, 1.54) is 14.2 Å². The van der Waals surface area contributed by atoms with Crippen LogP contribution < -0.4 is 18.9 Å². The van der Waals surface area contributed by atoms with Crippen molar-refractivity contribution in [1.82, 2.24) is 0 Å². The molecule has 0 bridgehead atoms. The third kappa shape index (κ3) is 2.74. The highest BCUT2D eigenvalue weighted by atomic mass is 16.6. The van der Waals surface area contributed by atoms with Gasteiger partial charge in [0.25, 0.3) is 0 Å². The molecule has 0 saturated heterocycles. The highest BCUT2D eigenvalue weighted by molar-refractivity contribution is 6.00. The monoisotopic (exact) mass is 386 g/mol. The number of hydrogen-bond donors (Lipinski definition) is 0. The van der Waals surface area contributed by atoms with Gasteiger partial charge in [-0.15, -0.1) is 0 Å². The normalized spacial score (nSPS) is 12.2. The molecule has 0 spiro atoms. The van der Waals surface area contributed by atoms with E-state index in [1.54, 1.807) is 40.9 Å². The van der Waals surface area contributed by atoms with Gasteiger partial charge in [0.2, 0.25) is 0 Å². The number of carbonyl (C=O) groups is 2. The van der Waals surface area contributed by atoms with Gasteiger partial charge < -0.3 is 23.7 Å². The molecular formula is C21H22O7. The smallest absolute Gasteiger partial charge is 0.347 e. The number of rotatable bonds is 3. The SMILES string of the molecule is COC(=O)c1c(C)c2c(c(C)c1OC)OC(=O)c1c(C)cc(OC)c(C)c1O2. The Balaban J connectivity index is 2.37. The second kappa shape index (κ2) is 7.07. The number of aryl methyl sites for hydroxylation is 1. The minimum absolute atomic E-state index is 0.209. The van der Waals surface area contributed by atoms with Crippen LogP contribution in [0.4, 0.5) is 0 Å². The van der Waals surface area contributed by atoms with Crippen LogP contribution in [0.15, 0.2) is 6.07 Å². The fourth-order valence-electron chi connectivity index (χ4n) is 3.46. The number of methoxy groups -OCH3 is 3. The van der Waals surface area contributed by atoms with E-state index in [9.17, 15) is 9.59 Å². The predicted molar refractivity (Wildman–Crippen MR) is 101 cm³/mol. The average Bonchev–Trinajstić information content (AvgIpc) is 2.83. The van der Waals surface area contributed by atoms with Crippen LogP contribution in [0.1, 0.15) is 43.0 Å². The Kier molecular flexibility index (Phi) is 4.93. The zero-order valence-electron chi connectivity index (χ0n) is 16.9. The molecule has 0 N–H and O–H groups in total. The van der Waals surface area contributed by atoms with E-state index in [0.29, 0.717) is 39.3 Å². The zero-order valence-corrected chi connectivity index (χ0v) is 16.9. The van der Waals surface area contributed by atoms with Gasteiger partial charge in [-0.3, -0.25) is 0 Å². The van der Waals surface area contributed by atoms with Crippen molar-refractivity contribution in [1.29, 1.82) is 0 Å². The van der Waals surface area contributed by atoms with Gasteiger partial charge in [-0.2, -0.15) is 0 Å². The maximum atomic E-state index is 12.9. The van der Waals surface area contributed by atoms with E-state index in [-0.39, 0.29) is 22.8 Å². The fraction of sp³-hybridized carbons (Fsp3) is 0.333. The van der Waals surface area contributed by atoms with Crippen molar-refractivity contribution >= 4 is 11.9 Å². The molecule has 7 nitrogen and oxygen atoms in total. The molecule has 0 fully saturated rings. The van der Waals surface area contributed by atoms with Crippen LogP contribution in [0.25, 0.3) is 0 Å². The van der Waals surface area contributed by atoms with Crippen LogP contribution in [-0.4, -0.2) is 33.3 Å². The summed E-state index contributed by atoms with van der Waals surface area (Å²) in [6, 6.07) is 1.76. The molecule has 3 rings (SSSR count). The molecule has 2 aromatic carbocycles. The highest BCUT2D eigenvalue weighted by Crippen LogP contribution is 2.50. The van der Waals surface area contributed by atoms with Crippen molar-refractivity contribution in [2.75, 3.05) is 21.3 Å². The molecule has 0 amide bonds. The number of esters is 2. The van der Waals surface area contributed by atoms with Crippen LogP contribution in [0, 0.1) is 27.7 Å². The van der Waals surface area contributed by atoms with Gasteiger partial charge in [0.1, 0.15) is 28.4 Å². The number of hydrogen-bond acceptors (Lipinski definition) is 7. The largest absolute Gasteiger partial charge is 0.496 e. The van der Waals surface area contributed by atoms with Gasteiger partial charge in [0.15, 0.2) is 11.5 Å². The molecular weight excluding hydrogens is 364 g/mol. The van der Waals surface area contributed by atoms with Gasteiger partial charge in [-0.05, 0) is 39.3 Å². The van der Waals surface area contributed by atoms with Crippen LogP contribution >= 0.6 is 0 Å². The second-order valence-electron chi connectivity index (χ2n) is 6.52. The van der Waals surface area contributed by atoms with Gasteiger partial charge in [0.05, 0.1) is 21.3 Å². The van der Waals surface area contributed by atoms with Crippen molar-refractivity contribution in [2.45, 2.75) is 27.7 Å². The summed E-state index contributed by atoms with van der Waals surface area (Å²) < 4.78 is 27.6. The molecule has 1 aliphatic rings. The van der Waals surface area contributed by atoms with Crippen molar-refractivity contribution in [3.63, 3.8) is 0 Å². The summed E-state index contributed by atoms with van der Waals surface area (Å²) in [5.74, 6) is 0.553. The standard InChI is InChI=1S/C21H22O7/c1-9-8-13(24-5)10(2)17-14(9)21(23)28-19-12(4)16(25-6)15(20(22)26-7)11(3)18(19)27-17/h8H,1-7H3. The average molecular weight is 386 g/mol. The van der Waals surface area contributed by atoms with E-state index >= 15 is 0 Å². The zero-order chi connectivity index (χ0) is 20.7. The fourth-order valence-corrected chi connectivity index (χ4v) is 3.46. The lowest BCUT2D eigenvalue weighted by Gasteiger charge is -2.19. The molecule has 0 unspecified atom stereocenters. The molecule has 148 valence electrons. The first-order valence-electron chi connectivity index (χ1n) is 8.64. The van der Waals surface area contributed by atoms with Gasteiger partial charge in [-0.1, -0.05) is 0 Å². The molecule has 0 aliphatic carbocycles. The lowest BCUT2D eigenvalue weighted by Crippen LogP contribution is -2.12. The Morgan fingerprint density at radius 3 is 2.07 bits per heavy atom. The summed E-state index contributed by atoms with van der Waals surface area (Å²) in [5, 5.41) is 0. The highest BCUT2D eigenvalue weighted by Gasteiger charge is 2.34. The lowest BCUT2D eigenvalue weighted by molar-refractivity contribution is 0.0595. The molecule has 2 aromatic rings.